The fraction of sp³-hybridized carbons (Fsp3) is 0.200. The van der Waals surface area contributed by atoms with Crippen LogP contribution in [0.1, 0.15) is 28.3 Å². The SMILES string of the molecule is Cc1cc(C(F)(F)F)nc2c(C#N)c(CCc3csc(-c4ccccc4)n3)nn12. The highest BCUT2D eigenvalue weighted by Gasteiger charge is 2.34. The zero-order chi connectivity index (χ0) is 20.6. The molecule has 0 atom stereocenters. The highest BCUT2D eigenvalue weighted by Crippen LogP contribution is 2.30. The van der Waals surface area contributed by atoms with Crippen LogP contribution in [0, 0.1) is 18.3 Å². The minimum absolute atomic E-state index is 0.0673. The van der Waals surface area contributed by atoms with Gasteiger partial charge < -0.3 is 0 Å². The molecule has 0 spiro atoms. The molecule has 4 rings (SSSR count). The van der Waals surface area contributed by atoms with Crippen LogP contribution in [0.4, 0.5) is 13.2 Å². The van der Waals surface area contributed by atoms with Gasteiger partial charge in [-0.1, -0.05) is 30.3 Å². The lowest BCUT2D eigenvalue weighted by atomic mass is 10.1. The third-order valence-corrected chi connectivity index (χ3v) is 5.37. The number of fused-ring (bicyclic) bond motifs is 1. The van der Waals surface area contributed by atoms with Crippen molar-refractivity contribution < 1.29 is 13.2 Å². The van der Waals surface area contributed by atoms with Gasteiger partial charge in [-0.05, 0) is 25.8 Å². The molecule has 5 nitrogen and oxygen atoms in total. The Labute approximate surface area is 168 Å². The number of thiazole rings is 1. The molecule has 0 aliphatic heterocycles. The van der Waals surface area contributed by atoms with Crippen molar-refractivity contribution in [3.8, 4) is 16.6 Å². The molecule has 0 aliphatic rings. The monoisotopic (exact) mass is 413 g/mol. The number of alkyl halides is 3. The first-order valence-corrected chi connectivity index (χ1v) is 9.61. The lowest BCUT2D eigenvalue weighted by Gasteiger charge is -2.07. The van der Waals surface area contributed by atoms with Crippen LogP contribution in [0.25, 0.3) is 16.2 Å². The van der Waals surface area contributed by atoms with Crippen LogP contribution < -0.4 is 0 Å². The molecule has 0 aliphatic carbocycles. The van der Waals surface area contributed by atoms with Crippen molar-refractivity contribution in [2.24, 2.45) is 0 Å². The highest BCUT2D eigenvalue weighted by atomic mass is 32.1. The van der Waals surface area contributed by atoms with E-state index in [2.05, 4.69) is 15.1 Å². The van der Waals surface area contributed by atoms with Crippen molar-refractivity contribution in [3.05, 3.63) is 70.1 Å². The predicted octanol–water partition coefficient (Wildman–Crippen LogP) is 4.84. The first-order chi connectivity index (χ1) is 13.9. The van der Waals surface area contributed by atoms with E-state index in [0.717, 1.165) is 22.3 Å². The maximum atomic E-state index is 13.1. The Bertz CT molecular complexity index is 1220. The predicted molar refractivity (Wildman–Crippen MR) is 102 cm³/mol. The summed E-state index contributed by atoms with van der Waals surface area (Å²) >= 11 is 1.52. The maximum Gasteiger partial charge on any atom is 0.433 e. The summed E-state index contributed by atoms with van der Waals surface area (Å²) in [6.45, 7) is 1.51. The number of nitrogens with zero attached hydrogens (tertiary/aromatic N) is 5. The second kappa shape index (κ2) is 7.29. The number of rotatable bonds is 4. The second-order valence-corrected chi connectivity index (χ2v) is 7.32. The largest absolute Gasteiger partial charge is 0.433 e. The Balaban J connectivity index is 1.63. The van der Waals surface area contributed by atoms with Gasteiger partial charge in [0.25, 0.3) is 0 Å². The molecule has 1 aromatic carbocycles. The molecule has 3 heterocycles. The average Bonchev–Trinajstić information content (AvgIpc) is 3.31. The van der Waals surface area contributed by atoms with E-state index in [9.17, 15) is 18.4 Å². The molecule has 0 unspecified atom stereocenters. The summed E-state index contributed by atoms with van der Waals surface area (Å²) in [7, 11) is 0. The summed E-state index contributed by atoms with van der Waals surface area (Å²) in [4.78, 5) is 8.24. The molecule has 0 saturated carbocycles. The van der Waals surface area contributed by atoms with Gasteiger partial charge in [-0.25, -0.2) is 14.5 Å². The Morgan fingerprint density at radius 2 is 1.90 bits per heavy atom. The lowest BCUT2D eigenvalue weighted by molar-refractivity contribution is -0.141. The van der Waals surface area contributed by atoms with E-state index in [0.29, 0.717) is 18.5 Å². The molecule has 3 aromatic heterocycles. The summed E-state index contributed by atoms with van der Waals surface area (Å²) in [5, 5.41) is 16.7. The Kier molecular flexibility index (Phi) is 4.80. The number of aryl methyl sites for hydroxylation is 3. The van der Waals surface area contributed by atoms with E-state index >= 15 is 0 Å². The van der Waals surface area contributed by atoms with Gasteiger partial charge in [0.05, 0.1) is 11.4 Å². The zero-order valence-corrected chi connectivity index (χ0v) is 16.1. The van der Waals surface area contributed by atoms with Gasteiger partial charge in [0.2, 0.25) is 0 Å². The van der Waals surface area contributed by atoms with Crippen LogP contribution in [0.5, 0.6) is 0 Å². The summed E-state index contributed by atoms with van der Waals surface area (Å²) in [5.41, 5.74) is 1.51. The van der Waals surface area contributed by atoms with Gasteiger partial charge in [0.15, 0.2) is 5.65 Å². The lowest BCUT2D eigenvalue weighted by Crippen LogP contribution is -2.11. The van der Waals surface area contributed by atoms with Gasteiger partial charge in [-0.2, -0.15) is 23.5 Å². The van der Waals surface area contributed by atoms with Crippen LogP contribution in [0.3, 0.4) is 0 Å². The van der Waals surface area contributed by atoms with Crippen LogP contribution in [0.15, 0.2) is 41.8 Å². The summed E-state index contributed by atoms with van der Waals surface area (Å²) in [6, 6.07) is 12.7. The van der Waals surface area contributed by atoms with Gasteiger partial charge in [-0.3, -0.25) is 0 Å². The van der Waals surface area contributed by atoms with Gasteiger partial charge in [0.1, 0.15) is 22.3 Å². The number of hydrogen-bond donors (Lipinski definition) is 0. The molecule has 0 fully saturated rings. The van der Waals surface area contributed by atoms with Crippen LogP contribution in [-0.2, 0) is 19.0 Å². The summed E-state index contributed by atoms with van der Waals surface area (Å²) in [5.74, 6) is 0. The fourth-order valence-electron chi connectivity index (χ4n) is 3.02. The third kappa shape index (κ3) is 3.71. The van der Waals surface area contributed by atoms with Crippen molar-refractivity contribution in [2.75, 3.05) is 0 Å². The minimum atomic E-state index is -4.59. The highest BCUT2D eigenvalue weighted by molar-refractivity contribution is 7.13. The van der Waals surface area contributed by atoms with Crippen molar-refractivity contribution in [3.63, 3.8) is 0 Å². The molecular formula is C20H14F3N5S. The fourth-order valence-corrected chi connectivity index (χ4v) is 3.88. The van der Waals surface area contributed by atoms with E-state index in [1.54, 1.807) is 0 Å². The Morgan fingerprint density at radius 3 is 2.59 bits per heavy atom. The molecular weight excluding hydrogens is 399 g/mol. The molecule has 146 valence electrons. The molecule has 0 amide bonds. The number of halogens is 3. The van der Waals surface area contributed by atoms with Crippen molar-refractivity contribution in [1.82, 2.24) is 19.6 Å². The molecule has 29 heavy (non-hydrogen) atoms. The quantitative estimate of drug-likeness (QED) is 0.480. The number of aromatic nitrogens is 4. The van der Waals surface area contributed by atoms with E-state index in [4.69, 9.17) is 0 Å². The summed E-state index contributed by atoms with van der Waals surface area (Å²) in [6.07, 6.45) is -3.68. The van der Waals surface area contributed by atoms with E-state index in [1.165, 1.54) is 22.8 Å². The summed E-state index contributed by atoms with van der Waals surface area (Å²) < 4.78 is 40.5. The topological polar surface area (TPSA) is 66.9 Å². The van der Waals surface area contributed by atoms with Crippen molar-refractivity contribution >= 4 is 17.0 Å². The van der Waals surface area contributed by atoms with E-state index in [-0.39, 0.29) is 16.9 Å². The van der Waals surface area contributed by atoms with Crippen LogP contribution in [0.2, 0.25) is 0 Å². The molecule has 0 N–H and O–H groups in total. The number of hydrogen-bond acceptors (Lipinski definition) is 5. The second-order valence-electron chi connectivity index (χ2n) is 6.46. The standard InChI is InChI=1S/C20H14F3N5S/c1-12-9-17(20(21,22)23)26-18-15(10-24)16(27-28(12)18)8-7-14-11-29-19(25-14)13-5-3-2-4-6-13/h2-6,9,11H,7-8H2,1H3. The molecule has 4 aromatic rings. The number of benzene rings is 1. The Morgan fingerprint density at radius 1 is 1.14 bits per heavy atom. The van der Waals surface area contributed by atoms with Crippen molar-refractivity contribution in [1.29, 1.82) is 5.26 Å². The van der Waals surface area contributed by atoms with Crippen LogP contribution in [-0.4, -0.2) is 19.6 Å². The molecule has 0 radical (unpaired) electrons. The first kappa shape index (κ1) is 19.1. The molecule has 0 bridgehead atoms. The van der Waals surface area contributed by atoms with Crippen molar-refractivity contribution in [2.45, 2.75) is 25.9 Å². The average molecular weight is 413 g/mol. The smallest absolute Gasteiger partial charge is 0.241 e. The zero-order valence-electron chi connectivity index (χ0n) is 15.2. The van der Waals surface area contributed by atoms with Gasteiger partial charge in [0, 0.05) is 16.6 Å². The number of nitriles is 1. The van der Waals surface area contributed by atoms with E-state index in [1.807, 2.05) is 41.8 Å². The van der Waals surface area contributed by atoms with E-state index < -0.39 is 11.9 Å². The third-order valence-electron chi connectivity index (χ3n) is 4.43. The molecule has 0 saturated heterocycles. The maximum absolute atomic E-state index is 13.1. The normalized spacial score (nSPS) is 11.7. The minimum Gasteiger partial charge on any atom is -0.241 e. The first-order valence-electron chi connectivity index (χ1n) is 8.73. The van der Waals surface area contributed by atoms with Crippen LogP contribution >= 0.6 is 11.3 Å². The van der Waals surface area contributed by atoms with Gasteiger partial charge in [-0.15, -0.1) is 11.3 Å². The van der Waals surface area contributed by atoms with Gasteiger partial charge >= 0.3 is 6.18 Å². The Hall–Kier alpha value is -3.25. The molecule has 9 heteroatoms.